The summed E-state index contributed by atoms with van der Waals surface area (Å²) >= 11 is 0. The first kappa shape index (κ1) is 8.55. The lowest BCUT2D eigenvalue weighted by Gasteiger charge is -2.32. The number of hydrogen-bond acceptors (Lipinski definition) is 2. The van der Waals surface area contributed by atoms with Crippen molar-refractivity contribution in [3.63, 3.8) is 0 Å². The van der Waals surface area contributed by atoms with Gasteiger partial charge in [0.05, 0.1) is 18.1 Å². The molecular weight excluding hydrogens is 138 g/mol. The molecule has 0 aromatic carbocycles. The van der Waals surface area contributed by atoms with Gasteiger partial charge in [-0.25, -0.2) is 0 Å². The van der Waals surface area contributed by atoms with E-state index >= 15 is 0 Å². The smallest absolute Gasteiger partial charge is 0.0777 e. The van der Waals surface area contributed by atoms with Crippen molar-refractivity contribution >= 4 is 0 Å². The Morgan fingerprint density at radius 3 is 2.55 bits per heavy atom. The van der Waals surface area contributed by atoms with Gasteiger partial charge in [-0.15, -0.1) is 0 Å². The molecule has 0 bridgehead atoms. The van der Waals surface area contributed by atoms with E-state index in [0.717, 1.165) is 31.6 Å². The van der Waals surface area contributed by atoms with Crippen LogP contribution in [0.1, 0.15) is 39.0 Å². The Bertz CT molecular complexity index is 163. The van der Waals surface area contributed by atoms with E-state index in [0.29, 0.717) is 6.42 Å². The monoisotopic (exact) mass is 153 g/mol. The number of rotatable bonds is 1. The van der Waals surface area contributed by atoms with Crippen LogP contribution in [0.2, 0.25) is 0 Å². The quantitative estimate of drug-likeness (QED) is 0.624. The largest absolute Gasteiger partial charge is 0.389 e. The van der Waals surface area contributed by atoms with Crippen LogP contribution < -0.4 is 0 Å². The molecule has 0 aromatic heterocycles. The average molecular weight is 153 g/mol. The lowest BCUT2D eigenvalue weighted by atomic mass is 9.78. The third kappa shape index (κ3) is 2.20. The molecule has 2 heteroatoms. The Morgan fingerprint density at radius 1 is 1.55 bits per heavy atom. The summed E-state index contributed by atoms with van der Waals surface area (Å²) in [5.74, 6) is 0.731. The molecule has 2 nitrogen and oxygen atoms in total. The van der Waals surface area contributed by atoms with Gasteiger partial charge in [-0.3, -0.25) is 0 Å². The third-order valence-corrected chi connectivity index (χ3v) is 2.61. The maximum absolute atomic E-state index is 9.77. The number of nitrogens with zero attached hydrogens (tertiary/aromatic N) is 1. The summed E-state index contributed by atoms with van der Waals surface area (Å²) in [6.07, 6.45) is 4.06. The first-order chi connectivity index (χ1) is 5.16. The first-order valence-electron chi connectivity index (χ1n) is 4.26. The van der Waals surface area contributed by atoms with Gasteiger partial charge >= 0.3 is 0 Å². The maximum Gasteiger partial charge on any atom is 0.0777 e. The molecule has 0 amide bonds. The SMILES string of the molecule is CC1CCC(O)(CC#N)CC1. The van der Waals surface area contributed by atoms with E-state index in [-0.39, 0.29) is 0 Å². The Kier molecular flexibility index (Phi) is 2.51. The Morgan fingerprint density at radius 2 is 2.09 bits per heavy atom. The second-order valence-electron chi connectivity index (χ2n) is 3.74. The zero-order valence-corrected chi connectivity index (χ0v) is 7.01. The molecular formula is C9H15NO. The van der Waals surface area contributed by atoms with Crippen molar-refractivity contribution in [3.8, 4) is 6.07 Å². The van der Waals surface area contributed by atoms with Gasteiger partial charge in [0.1, 0.15) is 0 Å². The minimum atomic E-state index is -0.652. The highest BCUT2D eigenvalue weighted by Crippen LogP contribution is 2.33. The zero-order chi connectivity index (χ0) is 8.32. The summed E-state index contributed by atoms with van der Waals surface area (Å²) in [7, 11) is 0. The maximum atomic E-state index is 9.77. The van der Waals surface area contributed by atoms with Crippen molar-refractivity contribution in [1.82, 2.24) is 0 Å². The van der Waals surface area contributed by atoms with Crippen molar-refractivity contribution < 1.29 is 5.11 Å². The summed E-state index contributed by atoms with van der Waals surface area (Å²) in [4.78, 5) is 0. The van der Waals surface area contributed by atoms with Crippen molar-refractivity contribution in [2.75, 3.05) is 0 Å². The summed E-state index contributed by atoms with van der Waals surface area (Å²) in [5.41, 5.74) is -0.652. The molecule has 0 aromatic rings. The molecule has 0 radical (unpaired) electrons. The van der Waals surface area contributed by atoms with E-state index in [1.165, 1.54) is 0 Å². The van der Waals surface area contributed by atoms with Gasteiger partial charge in [-0.1, -0.05) is 6.92 Å². The molecule has 1 aliphatic rings. The summed E-state index contributed by atoms with van der Waals surface area (Å²) < 4.78 is 0. The zero-order valence-electron chi connectivity index (χ0n) is 7.01. The highest BCUT2D eigenvalue weighted by molar-refractivity contribution is 4.91. The van der Waals surface area contributed by atoms with Crippen molar-refractivity contribution in [3.05, 3.63) is 0 Å². The van der Waals surface area contributed by atoms with E-state index < -0.39 is 5.60 Å². The Labute approximate surface area is 67.8 Å². The van der Waals surface area contributed by atoms with Gasteiger partial charge in [0, 0.05) is 0 Å². The van der Waals surface area contributed by atoms with Crippen LogP contribution >= 0.6 is 0 Å². The molecule has 1 saturated carbocycles. The molecule has 0 spiro atoms. The van der Waals surface area contributed by atoms with E-state index in [4.69, 9.17) is 5.26 Å². The van der Waals surface area contributed by atoms with Crippen molar-refractivity contribution in [1.29, 1.82) is 5.26 Å². The van der Waals surface area contributed by atoms with Crippen LogP contribution in [0.15, 0.2) is 0 Å². The minimum absolute atomic E-state index is 0.305. The predicted molar refractivity (Wildman–Crippen MR) is 42.8 cm³/mol. The lowest BCUT2D eigenvalue weighted by Crippen LogP contribution is -2.32. The molecule has 11 heavy (non-hydrogen) atoms. The van der Waals surface area contributed by atoms with Crippen LogP contribution in [0.25, 0.3) is 0 Å². The fraction of sp³-hybridized carbons (Fsp3) is 0.889. The second-order valence-corrected chi connectivity index (χ2v) is 3.74. The Balaban J connectivity index is 2.43. The molecule has 0 saturated heterocycles. The van der Waals surface area contributed by atoms with Gasteiger partial charge in [0.15, 0.2) is 0 Å². The number of aliphatic hydroxyl groups is 1. The molecule has 1 rings (SSSR count). The standard InChI is InChI=1S/C9H15NO/c1-8-2-4-9(11,5-3-8)6-7-10/h8,11H,2-6H2,1H3. The molecule has 1 fully saturated rings. The van der Waals surface area contributed by atoms with E-state index in [1.807, 2.05) is 6.07 Å². The van der Waals surface area contributed by atoms with Crippen LogP contribution in [0.4, 0.5) is 0 Å². The molecule has 0 heterocycles. The molecule has 1 aliphatic carbocycles. The normalized spacial score (nSPS) is 38.1. The number of nitriles is 1. The molecule has 0 atom stereocenters. The fourth-order valence-electron chi connectivity index (χ4n) is 1.62. The second kappa shape index (κ2) is 3.23. The van der Waals surface area contributed by atoms with Gasteiger partial charge in [-0.2, -0.15) is 5.26 Å². The number of hydrogen-bond donors (Lipinski definition) is 1. The van der Waals surface area contributed by atoms with Gasteiger partial charge in [0.25, 0.3) is 0 Å². The van der Waals surface area contributed by atoms with Gasteiger partial charge in [0.2, 0.25) is 0 Å². The summed E-state index contributed by atoms with van der Waals surface area (Å²) in [5, 5.41) is 18.2. The predicted octanol–water partition coefficient (Wildman–Crippen LogP) is 1.84. The molecule has 0 unspecified atom stereocenters. The van der Waals surface area contributed by atoms with Crippen LogP contribution in [-0.4, -0.2) is 10.7 Å². The Hall–Kier alpha value is -0.550. The highest BCUT2D eigenvalue weighted by atomic mass is 16.3. The average Bonchev–Trinajstić information content (AvgIpc) is 1.97. The molecule has 0 aliphatic heterocycles. The van der Waals surface area contributed by atoms with Crippen molar-refractivity contribution in [2.45, 2.75) is 44.6 Å². The first-order valence-corrected chi connectivity index (χ1v) is 4.26. The van der Waals surface area contributed by atoms with Crippen LogP contribution in [0.5, 0.6) is 0 Å². The topological polar surface area (TPSA) is 44.0 Å². The van der Waals surface area contributed by atoms with Crippen LogP contribution in [0, 0.1) is 17.2 Å². The van der Waals surface area contributed by atoms with Crippen LogP contribution in [0.3, 0.4) is 0 Å². The highest BCUT2D eigenvalue weighted by Gasteiger charge is 2.31. The minimum Gasteiger partial charge on any atom is -0.389 e. The summed E-state index contributed by atoms with van der Waals surface area (Å²) in [6, 6.07) is 2.04. The molecule has 1 N–H and O–H groups in total. The van der Waals surface area contributed by atoms with E-state index in [9.17, 15) is 5.11 Å². The van der Waals surface area contributed by atoms with Gasteiger partial charge in [-0.05, 0) is 31.6 Å². The van der Waals surface area contributed by atoms with E-state index in [2.05, 4.69) is 6.92 Å². The van der Waals surface area contributed by atoms with Crippen molar-refractivity contribution in [2.24, 2.45) is 5.92 Å². The third-order valence-electron chi connectivity index (χ3n) is 2.61. The van der Waals surface area contributed by atoms with Gasteiger partial charge < -0.3 is 5.11 Å². The molecule has 62 valence electrons. The fourth-order valence-corrected chi connectivity index (χ4v) is 1.62. The van der Waals surface area contributed by atoms with Crippen LogP contribution in [-0.2, 0) is 0 Å². The van der Waals surface area contributed by atoms with E-state index in [1.54, 1.807) is 0 Å². The summed E-state index contributed by atoms with van der Waals surface area (Å²) in [6.45, 7) is 2.20. The lowest BCUT2D eigenvalue weighted by molar-refractivity contribution is -0.00281.